The maximum atomic E-state index is 12.9. The number of esters is 1. The quantitative estimate of drug-likeness (QED) is 0.265. The molecular weight excluding hydrogens is 388 g/mol. The molecule has 1 aromatic heterocycles. The molecule has 2 aliphatic rings. The van der Waals surface area contributed by atoms with Gasteiger partial charge in [0, 0.05) is 45.5 Å². The molecule has 0 bridgehead atoms. The number of benzene rings is 4. The van der Waals surface area contributed by atoms with Gasteiger partial charge in [-0.05, 0) is 41.1 Å². The van der Waals surface area contributed by atoms with Crippen LogP contribution in [0.3, 0.4) is 0 Å². The predicted molar refractivity (Wildman–Crippen MR) is 118 cm³/mol. The second-order valence-electron chi connectivity index (χ2n) is 8.04. The van der Waals surface area contributed by atoms with Gasteiger partial charge >= 0.3 is 5.97 Å². The molecule has 1 spiro atoms. The van der Waals surface area contributed by atoms with E-state index < -0.39 is 5.60 Å². The van der Waals surface area contributed by atoms with Gasteiger partial charge in [-0.25, -0.2) is 4.79 Å². The number of rotatable bonds is 0. The van der Waals surface area contributed by atoms with Crippen molar-refractivity contribution >= 4 is 33.2 Å². The van der Waals surface area contributed by atoms with Crippen LogP contribution in [-0.2, 0) is 10.3 Å². The lowest BCUT2D eigenvalue weighted by atomic mass is 9.77. The largest absolute Gasteiger partial charge is 0.455 e. The summed E-state index contributed by atoms with van der Waals surface area (Å²) in [6.45, 7) is 0. The van der Waals surface area contributed by atoms with Gasteiger partial charge in [-0.15, -0.1) is 0 Å². The molecule has 3 heterocycles. The zero-order valence-corrected chi connectivity index (χ0v) is 16.3. The first kappa shape index (κ1) is 16.5. The number of anilines is 1. The lowest BCUT2D eigenvalue weighted by Crippen LogP contribution is -2.33. The van der Waals surface area contributed by atoms with Gasteiger partial charge < -0.3 is 20.2 Å². The first-order chi connectivity index (χ1) is 15.2. The summed E-state index contributed by atoms with van der Waals surface area (Å²) >= 11 is 0. The number of hydrogen-bond acceptors (Lipinski definition) is 4. The van der Waals surface area contributed by atoms with Crippen molar-refractivity contribution in [1.82, 2.24) is 4.98 Å². The van der Waals surface area contributed by atoms with E-state index >= 15 is 0 Å². The molecule has 148 valence electrons. The normalized spacial score (nSPS) is 18.5. The topological polar surface area (TPSA) is 77.3 Å². The molecule has 5 nitrogen and oxygen atoms in total. The van der Waals surface area contributed by atoms with E-state index in [1.54, 1.807) is 6.20 Å². The third kappa shape index (κ3) is 1.93. The van der Waals surface area contributed by atoms with Gasteiger partial charge in [0.2, 0.25) is 0 Å². The number of aromatic nitrogens is 1. The van der Waals surface area contributed by atoms with Crippen molar-refractivity contribution in [1.29, 1.82) is 0 Å². The van der Waals surface area contributed by atoms with Gasteiger partial charge in [0.1, 0.15) is 11.5 Å². The van der Waals surface area contributed by atoms with E-state index in [4.69, 9.17) is 15.2 Å². The summed E-state index contributed by atoms with van der Waals surface area (Å²) in [5.74, 6) is 1.04. The Morgan fingerprint density at radius 3 is 2.35 bits per heavy atom. The second-order valence-corrected chi connectivity index (χ2v) is 8.04. The Labute approximate surface area is 177 Å². The number of ether oxygens (including phenoxy) is 2. The summed E-state index contributed by atoms with van der Waals surface area (Å²) in [7, 11) is 0. The van der Waals surface area contributed by atoms with E-state index in [2.05, 4.69) is 4.98 Å². The molecule has 31 heavy (non-hydrogen) atoms. The van der Waals surface area contributed by atoms with Gasteiger partial charge in [-0.2, -0.15) is 0 Å². The molecule has 0 saturated carbocycles. The van der Waals surface area contributed by atoms with Crippen molar-refractivity contribution in [2.75, 3.05) is 5.73 Å². The van der Waals surface area contributed by atoms with Crippen LogP contribution >= 0.6 is 0 Å². The zero-order valence-electron chi connectivity index (χ0n) is 16.3. The summed E-state index contributed by atoms with van der Waals surface area (Å²) in [4.78, 5) is 16.0. The zero-order chi connectivity index (χ0) is 20.7. The Kier molecular flexibility index (Phi) is 2.91. The van der Waals surface area contributed by atoms with Crippen LogP contribution in [0.2, 0.25) is 0 Å². The van der Waals surface area contributed by atoms with E-state index in [1.165, 1.54) is 0 Å². The molecule has 0 aliphatic carbocycles. The summed E-state index contributed by atoms with van der Waals surface area (Å²) in [5, 5.41) is 3.92. The van der Waals surface area contributed by atoms with Crippen molar-refractivity contribution < 1.29 is 14.3 Å². The molecular formula is C26H16N2O3. The number of nitrogen functional groups attached to an aromatic ring is 1. The van der Waals surface area contributed by atoms with Crippen LogP contribution in [0.15, 0.2) is 79.1 Å². The monoisotopic (exact) mass is 404 g/mol. The minimum absolute atomic E-state index is 0.347. The van der Waals surface area contributed by atoms with Crippen LogP contribution in [0.4, 0.5) is 5.69 Å². The summed E-state index contributed by atoms with van der Waals surface area (Å²) in [6, 6.07) is 21.8. The van der Waals surface area contributed by atoms with Crippen LogP contribution in [0.1, 0.15) is 27.0 Å². The van der Waals surface area contributed by atoms with Gasteiger partial charge in [-0.3, -0.25) is 0 Å². The minimum atomic E-state index is -1.07. The van der Waals surface area contributed by atoms with Crippen LogP contribution in [0, 0.1) is 0 Å². The number of fused-ring (bicyclic) bond motifs is 10. The Balaban J connectivity index is 1.67. The minimum Gasteiger partial charge on any atom is -0.455 e. The molecule has 0 amide bonds. The van der Waals surface area contributed by atoms with Crippen LogP contribution in [0.25, 0.3) is 21.5 Å². The van der Waals surface area contributed by atoms with E-state index in [9.17, 15) is 4.79 Å². The standard InChI is InChI=1S/C26H16N2O3/c27-16-7-8-18-15(11-16)6-10-21-24(18)30-23-17-4-2-1-3-14(17)5-9-20(23)26(21)22-13-28-12-19(22)25(29)31-26/h1-13,28H,27H2. The lowest BCUT2D eigenvalue weighted by molar-refractivity contribution is 0.0223. The average molecular weight is 404 g/mol. The summed E-state index contributed by atoms with van der Waals surface area (Å²) < 4.78 is 12.8. The number of nitrogens with two attached hydrogens (primary N) is 1. The molecule has 1 atom stereocenters. The highest BCUT2D eigenvalue weighted by atomic mass is 16.6. The number of hydrogen-bond donors (Lipinski definition) is 2. The number of carbonyl (C=O) groups excluding carboxylic acids is 1. The second kappa shape index (κ2) is 5.46. The Hall–Kier alpha value is -4.25. The molecule has 7 rings (SSSR count). The molecule has 0 radical (unpaired) electrons. The molecule has 0 saturated heterocycles. The van der Waals surface area contributed by atoms with Gasteiger partial charge in [0.15, 0.2) is 5.60 Å². The number of nitrogens with one attached hydrogen (secondary N) is 1. The third-order valence-electron chi connectivity index (χ3n) is 6.43. The van der Waals surface area contributed by atoms with Crippen LogP contribution < -0.4 is 10.5 Å². The fourth-order valence-electron chi connectivity index (χ4n) is 5.06. The maximum Gasteiger partial charge on any atom is 0.341 e. The van der Waals surface area contributed by atoms with E-state index in [0.29, 0.717) is 22.7 Å². The van der Waals surface area contributed by atoms with Crippen molar-refractivity contribution in [3.05, 3.63) is 101 Å². The van der Waals surface area contributed by atoms with Crippen molar-refractivity contribution in [2.45, 2.75) is 5.60 Å². The van der Waals surface area contributed by atoms with Crippen LogP contribution in [-0.4, -0.2) is 11.0 Å². The molecule has 0 fully saturated rings. The highest BCUT2D eigenvalue weighted by Gasteiger charge is 2.54. The first-order valence-electron chi connectivity index (χ1n) is 10.1. The Bertz CT molecular complexity index is 1580. The Morgan fingerprint density at radius 1 is 0.774 bits per heavy atom. The lowest BCUT2D eigenvalue weighted by Gasteiger charge is -2.37. The maximum absolute atomic E-state index is 12.9. The number of aromatic amines is 1. The molecule has 4 aromatic carbocycles. The number of H-pyrrole nitrogens is 1. The highest BCUT2D eigenvalue weighted by molar-refractivity contribution is 6.01. The van der Waals surface area contributed by atoms with Gasteiger partial charge in [0.25, 0.3) is 0 Å². The van der Waals surface area contributed by atoms with Crippen molar-refractivity contribution in [3.63, 3.8) is 0 Å². The van der Waals surface area contributed by atoms with Crippen LogP contribution in [0.5, 0.6) is 11.5 Å². The van der Waals surface area contributed by atoms with Crippen molar-refractivity contribution in [3.8, 4) is 11.5 Å². The number of carbonyl (C=O) groups is 1. The SMILES string of the molecule is Nc1ccc2c3c(ccc2c1)C1(OC(=O)c2c[nH]cc21)c1ccc2ccccc2c1O3. The molecule has 1 unspecified atom stereocenters. The molecule has 5 aromatic rings. The van der Waals surface area contributed by atoms with E-state index in [0.717, 1.165) is 38.2 Å². The van der Waals surface area contributed by atoms with E-state index in [-0.39, 0.29) is 5.97 Å². The fraction of sp³-hybridized carbons (Fsp3) is 0.0385. The smallest absolute Gasteiger partial charge is 0.341 e. The average Bonchev–Trinajstić information content (AvgIpc) is 3.38. The van der Waals surface area contributed by atoms with Gasteiger partial charge in [0.05, 0.1) is 5.56 Å². The predicted octanol–water partition coefficient (Wildman–Crippen LogP) is 5.47. The summed E-state index contributed by atoms with van der Waals surface area (Å²) in [6.07, 6.45) is 3.55. The first-order valence-corrected chi connectivity index (χ1v) is 10.1. The van der Waals surface area contributed by atoms with Crippen molar-refractivity contribution in [2.24, 2.45) is 0 Å². The highest BCUT2D eigenvalue weighted by Crippen LogP contribution is 2.58. The third-order valence-corrected chi connectivity index (χ3v) is 6.43. The molecule has 5 heteroatoms. The fourth-order valence-corrected chi connectivity index (χ4v) is 5.06. The molecule has 2 aliphatic heterocycles. The Morgan fingerprint density at radius 2 is 1.52 bits per heavy atom. The summed E-state index contributed by atoms with van der Waals surface area (Å²) in [5.41, 5.74) is 8.60. The van der Waals surface area contributed by atoms with E-state index in [1.807, 2.05) is 72.9 Å². The van der Waals surface area contributed by atoms with Gasteiger partial charge in [-0.1, -0.05) is 36.4 Å². The molecule has 3 N–H and O–H groups in total.